The van der Waals surface area contributed by atoms with Gasteiger partial charge in [0.05, 0.1) is 12.7 Å². The lowest BCUT2D eigenvalue weighted by Crippen LogP contribution is -2.04. The Hall–Kier alpha value is -1.61. The Morgan fingerprint density at radius 3 is 2.56 bits per heavy atom. The van der Waals surface area contributed by atoms with Gasteiger partial charge in [0.25, 0.3) is 0 Å². The molecule has 1 aromatic heterocycles. The Kier molecular flexibility index (Phi) is 3.06. The molecule has 0 aliphatic rings. The van der Waals surface area contributed by atoms with Gasteiger partial charge < -0.3 is 9.73 Å². The summed E-state index contributed by atoms with van der Waals surface area (Å²) in [6.45, 7) is 4.83. The van der Waals surface area contributed by atoms with Gasteiger partial charge in [-0.3, -0.25) is 0 Å². The van der Waals surface area contributed by atoms with Crippen LogP contribution in [0.5, 0.6) is 0 Å². The standard InChI is InChI=1S/C13H16N2O/c1-9-5-4-6-10(2)13(9)11-7-15-12(16-11)8-14-3/h4-7,14H,8H2,1-3H3. The summed E-state index contributed by atoms with van der Waals surface area (Å²) in [4.78, 5) is 4.24. The van der Waals surface area contributed by atoms with Crippen LogP contribution in [0, 0.1) is 13.8 Å². The van der Waals surface area contributed by atoms with Gasteiger partial charge in [-0.1, -0.05) is 18.2 Å². The lowest BCUT2D eigenvalue weighted by atomic mass is 10.0. The van der Waals surface area contributed by atoms with Crippen molar-refractivity contribution in [2.24, 2.45) is 0 Å². The molecule has 1 heterocycles. The molecular formula is C13H16N2O. The van der Waals surface area contributed by atoms with Crippen LogP contribution in [0.2, 0.25) is 0 Å². The smallest absolute Gasteiger partial charge is 0.208 e. The van der Waals surface area contributed by atoms with Crippen molar-refractivity contribution in [3.8, 4) is 11.3 Å². The number of benzene rings is 1. The van der Waals surface area contributed by atoms with E-state index in [1.807, 2.05) is 7.05 Å². The molecule has 0 fully saturated rings. The predicted molar refractivity (Wildman–Crippen MR) is 64.2 cm³/mol. The molecule has 0 unspecified atom stereocenters. The molecule has 0 spiro atoms. The number of nitrogens with one attached hydrogen (secondary N) is 1. The highest BCUT2D eigenvalue weighted by molar-refractivity contribution is 5.65. The van der Waals surface area contributed by atoms with E-state index >= 15 is 0 Å². The topological polar surface area (TPSA) is 38.1 Å². The Morgan fingerprint density at radius 2 is 1.94 bits per heavy atom. The largest absolute Gasteiger partial charge is 0.439 e. The zero-order valence-electron chi connectivity index (χ0n) is 9.87. The van der Waals surface area contributed by atoms with Crippen LogP contribution in [0.1, 0.15) is 17.0 Å². The lowest BCUT2D eigenvalue weighted by molar-refractivity contribution is 0.490. The van der Waals surface area contributed by atoms with Crippen molar-refractivity contribution >= 4 is 0 Å². The summed E-state index contributed by atoms with van der Waals surface area (Å²) in [5.41, 5.74) is 3.58. The summed E-state index contributed by atoms with van der Waals surface area (Å²) >= 11 is 0. The van der Waals surface area contributed by atoms with Crippen LogP contribution >= 0.6 is 0 Å². The maximum Gasteiger partial charge on any atom is 0.208 e. The minimum absolute atomic E-state index is 0.658. The van der Waals surface area contributed by atoms with Crippen LogP contribution in [0.3, 0.4) is 0 Å². The number of aromatic nitrogens is 1. The van der Waals surface area contributed by atoms with Gasteiger partial charge in [-0.05, 0) is 32.0 Å². The van der Waals surface area contributed by atoms with Crippen LogP contribution in [-0.2, 0) is 6.54 Å². The second kappa shape index (κ2) is 4.49. The summed E-state index contributed by atoms with van der Waals surface area (Å²) in [5.74, 6) is 1.57. The molecule has 0 amide bonds. The Balaban J connectivity index is 2.42. The van der Waals surface area contributed by atoms with Crippen molar-refractivity contribution in [2.75, 3.05) is 7.05 Å². The van der Waals surface area contributed by atoms with Crippen molar-refractivity contribution in [3.05, 3.63) is 41.4 Å². The number of nitrogens with zero attached hydrogens (tertiary/aromatic N) is 1. The van der Waals surface area contributed by atoms with Crippen molar-refractivity contribution < 1.29 is 4.42 Å². The fraction of sp³-hybridized carbons (Fsp3) is 0.308. The normalized spacial score (nSPS) is 10.7. The first-order valence-electron chi connectivity index (χ1n) is 5.38. The molecule has 0 aliphatic heterocycles. The van der Waals surface area contributed by atoms with Crippen LogP contribution in [0.4, 0.5) is 0 Å². The fourth-order valence-corrected chi connectivity index (χ4v) is 1.86. The predicted octanol–water partition coefficient (Wildman–Crippen LogP) is 2.68. The molecule has 1 N–H and O–H groups in total. The third-order valence-electron chi connectivity index (χ3n) is 2.61. The van der Waals surface area contributed by atoms with Gasteiger partial charge in [0.15, 0.2) is 5.76 Å². The highest BCUT2D eigenvalue weighted by atomic mass is 16.4. The highest BCUT2D eigenvalue weighted by Crippen LogP contribution is 2.27. The second-order valence-corrected chi connectivity index (χ2v) is 3.92. The number of hydrogen-bond acceptors (Lipinski definition) is 3. The first-order chi connectivity index (χ1) is 7.72. The molecule has 3 nitrogen and oxygen atoms in total. The Morgan fingerprint density at radius 1 is 1.25 bits per heavy atom. The zero-order chi connectivity index (χ0) is 11.5. The molecule has 84 valence electrons. The minimum Gasteiger partial charge on any atom is -0.439 e. The molecule has 2 aromatic rings. The van der Waals surface area contributed by atoms with E-state index in [-0.39, 0.29) is 0 Å². The van der Waals surface area contributed by atoms with E-state index < -0.39 is 0 Å². The maximum absolute atomic E-state index is 5.70. The number of aryl methyl sites for hydroxylation is 2. The van der Waals surface area contributed by atoms with Gasteiger partial charge in [-0.25, -0.2) is 4.98 Å². The maximum atomic E-state index is 5.70. The van der Waals surface area contributed by atoms with Crippen molar-refractivity contribution in [1.29, 1.82) is 0 Å². The molecule has 0 saturated heterocycles. The van der Waals surface area contributed by atoms with Crippen LogP contribution < -0.4 is 5.32 Å². The van der Waals surface area contributed by atoms with Crippen molar-refractivity contribution in [2.45, 2.75) is 20.4 Å². The van der Waals surface area contributed by atoms with E-state index in [2.05, 4.69) is 42.3 Å². The summed E-state index contributed by atoms with van der Waals surface area (Å²) < 4.78 is 5.70. The first kappa shape index (κ1) is 10.9. The summed E-state index contributed by atoms with van der Waals surface area (Å²) in [6.07, 6.45) is 1.79. The summed E-state index contributed by atoms with van der Waals surface area (Å²) in [7, 11) is 1.88. The molecule has 2 rings (SSSR count). The summed E-state index contributed by atoms with van der Waals surface area (Å²) in [5, 5.41) is 3.02. The van der Waals surface area contributed by atoms with E-state index in [4.69, 9.17) is 4.42 Å². The molecule has 3 heteroatoms. The zero-order valence-corrected chi connectivity index (χ0v) is 9.87. The van der Waals surface area contributed by atoms with Crippen LogP contribution in [0.25, 0.3) is 11.3 Å². The quantitative estimate of drug-likeness (QED) is 0.857. The lowest BCUT2D eigenvalue weighted by Gasteiger charge is -2.05. The van der Waals surface area contributed by atoms with Gasteiger partial charge in [-0.15, -0.1) is 0 Å². The van der Waals surface area contributed by atoms with Gasteiger partial charge in [-0.2, -0.15) is 0 Å². The molecule has 0 radical (unpaired) electrons. The van der Waals surface area contributed by atoms with Gasteiger partial charge in [0, 0.05) is 5.56 Å². The minimum atomic E-state index is 0.658. The Labute approximate surface area is 95.5 Å². The highest BCUT2D eigenvalue weighted by Gasteiger charge is 2.10. The Bertz CT molecular complexity index is 468. The second-order valence-electron chi connectivity index (χ2n) is 3.92. The number of rotatable bonds is 3. The van der Waals surface area contributed by atoms with Gasteiger partial charge >= 0.3 is 0 Å². The summed E-state index contributed by atoms with van der Waals surface area (Å²) in [6, 6.07) is 6.23. The fourth-order valence-electron chi connectivity index (χ4n) is 1.86. The van der Waals surface area contributed by atoms with Crippen molar-refractivity contribution in [1.82, 2.24) is 10.3 Å². The van der Waals surface area contributed by atoms with Gasteiger partial charge in [0.1, 0.15) is 0 Å². The molecule has 0 saturated carbocycles. The third-order valence-corrected chi connectivity index (χ3v) is 2.61. The monoisotopic (exact) mass is 216 g/mol. The van der Waals surface area contributed by atoms with Crippen molar-refractivity contribution in [3.63, 3.8) is 0 Å². The van der Waals surface area contributed by atoms with E-state index in [1.54, 1.807) is 6.20 Å². The molecule has 0 atom stereocenters. The molecule has 16 heavy (non-hydrogen) atoms. The van der Waals surface area contributed by atoms with E-state index in [1.165, 1.54) is 11.1 Å². The SMILES string of the molecule is CNCc1ncc(-c2c(C)cccc2C)o1. The van der Waals surface area contributed by atoms with Crippen LogP contribution in [0.15, 0.2) is 28.8 Å². The van der Waals surface area contributed by atoms with E-state index in [0.717, 1.165) is 17.2 Å². The average molecular weight is 216 g/mol. The van der Waals surface area contributed by atoms with Gasteiger partial charge in [0.2, 0.25) is 5.89 Å². The molecule has 0 aliphatic carbocycles. The molecule has 1 aromatic carbocycles. The van der Waals surface area contributed by atoms with E-state index in [0.29, 0.717) is 6.54 Å². The molecule has 0 bridgehead atoms. The van der Waals surface area contributed by atoms with E-state index in [9.17, 15) is 0 Å². The first-order valence-corrected chi connectivity index (χ1v) is 5.38. The number of hydrogen-bond donors (Lipinski definition) is 1. The molecular weight excluding hydrogens is 200 g/mol. The third kappa shape index (κ3) is 1.99. The van der Waals surface area contributed by atoms with Crippen LogP contribution in [-0.4, -0.2) is 12.0 Å². The average Bonchev–Trinajstić information content (AvgIpc) is 2.67. The number of oxazole rings is 1.